The Morgan fingerprint density at radius 2 is 2.11 bits per heavy atom. The minimum absolute atomic E-state index is 0.0295. The lowest BCUT2D eigenvalue weighted by molar-refractivity contribution is 0.0667. The third-order valence-corrected chi connectivity index (χ3v) is 5.36. The van der Waals surface area contributed by atoms with E-state index in [1.165, 1.54) is 0 Å². The Morgan fingerprint density at radius 1 is 1.26 bits per heavy atom. The second-order valence-corrected chi connectivity index (χ2v) is 7.59. The monoisotopic (exact) mass is 363 g/mol. The van der Waals surface area contributed by atoms with E-state index in [9.17, 15) is 4.79 Å². The van der Waals surface area contributed by atoms with Crippen LogP contribution in [-0.2, 0) is 6.42 Å². The highest BCUT2D eigenvalue weighted by atomic mass is 16.2. The van der Waals surface area contributed by atoms with E-state index in [2.05, 4.69) is 33.6 Å². The van der Waals surface area contributed by atoms with Crippen molar-refractivity contribution in [2.45, 2.75) is 39.2 Å². The molecule has 1 aliphatic heterocycles. The van der Waals surface area contributed by atoms with Crippen molar-refractivity contribution in [2.24, 2.45) is 5.92 Å². The van der Waals surface area contributed by atoms with E-state index in [4.69, 9.17) is 0 Å². The number of hydrogen-bond donors (Lipinski definition) is 0. The molecule has 0 saturated carbocycles. The van der Waals surface area contributed by atoms with Gasteiger partial charge < -0.3 is 9.47 Å². The molecule has 27 heavy (non-hydrogen) atoms. The number of amides is 1. The van der Waals surface area contributed by atoms with E-state index in [0.717, 1.165) is 48.9 Å². The summed E-state index contributed by atoms with van der Waals surface area (Å²) in [4.78, 5) is 19.5. The average Bonchev–Trinajstić information content (AvgIpc) is 3.15. The Hall–Kier alpha value is -2.76. The number of carbonyl (C=O) groups is 1. The molecule has 1 atom stereocenters. The first-order valence-corrected chi connectivity index (χ1v) is 9.65. The molecular weight excluding hydrogens is 338 g/mol. The van der Waals surface area contributed by atoms with Crippen LogP contribution in [0.2, 0.25) is 0 Å². The topological polar surface area (TPSA) is 63.9 Å². The second kappa shape index (κ2) is 7.47. The van der Waals surface area contributed by atoms with Crippen LogP contribution in [0.25, 0.3) is 10.8 Å². The molecular formula is C21H25N5O. The number of benzene rings is 1. The fraction of sp³-hybridized carbons (Fsp3) is 0.429. The van der Waals surface area contributed by atoms with Crippen molar-refractivity contribution in [1.82, 2.24) is 24.6 Å². The predicted octanol–water partition coefficient (Wildman–Crippen LogP) is 3.50. The fourth-order valence-electron chi connectivity index (χ4n) is 3.96. The minimum atomic E-state index is 0.0295. The highest BCUT2D eigenvalue weighted by Crippen LogP contribution is 2.24. The molecule has 0 radical (unpaired) electrons. The van der Waals surface area contributed by atoms with Gasteiger partial charge in [-0.15, -0.1) is 10.2 Å². The van der Waals surface area contributed by atoms with Gasteiger partial charge in [0, 0.05) is 37.1 Å². The lowest BCUT2D eigenvalue weighted by atomic mass is 9.94. The summed E-state index contributed by atoms with van der Waals surface area (Å²) in [5.41, 5.74) is 0.555. The molecule has 3 heterocycles. The van der Waals surface area contributed by atoms with E-state index in [0.29, 0.717) is 17.7 Å². The summed E-state index contributed by atoms with van der Waals surface area (Å²) in [5, 5.41) is 10.3. The lowest BCUT2D eigenvalue weighted by Gasteiger charge is -2.32. The smallest absolute Gasteiger partial charge is 0.273 e. The Morgan fingerprint density at radius 3 is 2.96 bits per heavy atom. The molecule has 0 aliphatic carbocycles. The summed E-state index contributed by atoms with van der Waals surface area (Å²) in [5.74, 6) is 1.44. The molecule has 1 fully saturated rings. The van der Waals surface area contributed by atoms with Gasteiger partial charge in [-0.1, -0.05) is 24.3 Å². The quantitative estimate of drug-likeness (QED) is 0.712. The summed E-state index contributed by atoms with van der Waals surface area (Å²) in [7, 11) is 0. The van der Waals surface area contributed by atoms with Crippen molar-refractivity contribution in [2.75, 3.05) is 13.1 Å². The molecule has 0 N–H and O–H groups in total. The Bertz CT molecular complexity index is 943. The number of piperidine rings is 1. The van der Waals surface area contributed by atoms with Gasteiger partial charge in [-0.2, -0.15) is 0 Å². The molecule has 1 aromatic carbocycles. The van der Waals surface area contributed by atoms with Crippen LogP contribution < -0.4 is 0 Å². The number of pyridine rings is 1. The molecule has 3 aromatic rings. The van der Waals surface area contributed by atoms with Crippen molar-refractivity contribution >= 4 is 16.7 Å². The normalized spacial score (nSPS) is 17.6. The van der Waals surface area contributed by atoms with E-state index >= 15 is 0 Å². The van der Waals surface area contributed by atoms with Crippen LogP contribution in [0.1, 0.15) is 49.0 Å². The van der Waals surface area contributed by atoms with Crippen molar-refractivity contribution < 1.29 is 4.79 Å². The zero-order chi connectivity index (χ0) is 18.8. The number of aromatic nitrogens is 4. The number of fused-ring (bicyclic) bond motifs is 1. The third-order valence-electron chi connectivity index (χ3n) is 5.36. The van der Waals surface area contributed by atoms with Gasteiger partial charge in [0.2, 0.25) is 0 Å². The number of likely N-dealkylation sites (tertiary alicyclic amines) is 1. The van der Waals surface area contributed by atoms with Crippen molar-refractivity contribution in [3.63, 3.8) is 0 Å². The molecule has 2 aromatic heterocycles. The maximum atomic E-state index is 13.2. The second-order valence-electron chi connectivity index (χ2n) is 7.59. The molecule has 140 valence electrons. The summed E-state index contributed by atoms with van der Waals surface area (Å²) < 4.78 is 2.12. The van der Waals surface area contributed by atoms with Gasteiger partial charge in [0.05, 0.1) is 0 Å². The molecule has 1 aliphatic rings. The van der Waals surface area contributed by atoms with E-state index in [1.54, 1.807) is 12.5 Å². The van der Waals surface area contributed by atoms with Gasteiger partial charge in [-0.3, -0.25) is 9.78 Å². The maximum Gasteiger partial charge on any atom is 0.273 e. The Labute approximate surface area is 159 Å². The standard InChI is InChI=1S/C21H25N5O/c1-15(2)26-14-23-24-19(26)12-16-6-5-11-25(13-16)21(27)20-18-8-4-3-7-17(18)9-10-22-20/h3-4,7-10,14-16H,5-6,11-13H2,1-2H3. The van der Waals surface area contributed by atoms with Gasteiger partial charge in [0.25, 0.3) is 5.91 Å². The van der Waals surface area contributed by atoms with Crippen molar-refractivity contribution in [1.29, 1.82) is 0 Å². The highest BCUT2D eigenvalue weighted by Gasteiger charge is 2.27. The molecule has 4 rings (SSSR count). The van der Waals surface area contributed by atoms with E-state index in [1.807, 2.05) is 35.2 Å². The van der Waals surface area contributed by atoms with E-state index in [-0.39, 0.29) is 5.91 Å². The van der Waals surface area contributed by atoms with Crippen molar-refractivity contribution in [3.05, 3.63) is 54.4 Å². The first-order valence-electron chi connectivity index (χ1n) is 9.65. The van der Waals surface area contributed by atoms with Crippen LogP contribution in [-0.4, -0.2) is 43.6 Å². The van der Waals surface area contributed by atoms with Gasteiger partial charge in [-0.25, -0.2) is 0 Å². The summed E-state index contributed by atoms with van der Waals surface area (Å²) in [6, 6.07) is 10.2. The largest absolute Gasteiger partial charge is 0.337 e. The number of carbonyl (C=O) groups excluding carboxylic acids is 1. The number of nitrogens with zero attached hydrogens (tertiary/aromatic N) is 5. The van der Waals surface area contributed by atoms with Crippen LogP contribution in [0.15, 0.2) is 42.9 Å². The van der Waals surface area contributed by atoms with Gasteiger partial charge in [-0.05, 0) is 44.1 Å². The fourth-order valence-corrected chi connectivity index (χ4v) is 3.96. The maximum absolute atomic E-state index is 13.2. The highest BCUT2D eigenvalue weighted by molar-refractivity contribution is 6.05. The van der Waals surface area contributed by atoms with Crippen LogP contribution in [0.5, 0.6) is 0 Å². The zero-order valence-corrected chi connectivity index (χ0v) is 15.9. The molecule has 1 unspecified atom stereocenters. The molecule has 0 bridgehead atoms. The molecule has 6 heteroatoms. The predicted molar refractivity (Wildman–Crippen MR) is 104 cm³/mol. The Kier molecular flexibility index (Phi) is 4.88. The summed E-state index contributed by atoms with van der Waals surface area (Å²) in [6.07, 6.45) is 6.49. The molecule has 6 nitrogen and oxygen atoms in total. The van der Waals surface area contributed by atoms with Gasteiger partial charge in [0.1, 0.15) is 17.8 Å². The van der Waals surface area contributed by atoms with Crippen LogP contribution in [0.4, 0.5) is 0 Å². The Balaban J connectivity index is 1.52. The number of rotatable bonds is 4. The van der Waals surface area contributed by atoms with Crippen LogP contribution in [0, 0.1) is 5.92 Å². The molecule has 1 amide bonds. The van der Waals surface area contributed by atoms with Gasteiger partial charge >= 0.3 is 0 Å². The molecule has 1 saturated heterocycles. The third kappa shape index (κ3) is 3.56. The molecule has 0 spiro atoms. The van der Waals surface area contributed by atoms with Crippen LogP contribution >= 0.6 is 0 Å². The zero-order valence-electron chi connectivity index (χ0n) is 15.9. The minimum Gasteiger partial charge on any atom is -0.337 e. The SMILES string of the molecule is CC(C)n1cnnc1CC1CCCN(C(=O)c2nccc3ccccc23)C1. The number of hydrogen-bond acceptors (Lipinski definition) is 4. The average molecular weight is 363 g/mol. The first kappa shape index (κ1) is 17.6. The van der Waals surface area contributed by atoms with Crippen molar-refractivity contribution in [3.8, 4) is 0 Å². The first-order chi connectivity index (χ1) is 13.1. The summed E-state index contributed by atoms with van der Waals surface area (Å²) in [6.45, 7) is 5.80. The van der Waals surface area contributed by atoms with Gasteiger partial charge in [0.15, 0.2) is 0 Å². The summed E-state index contributed by atoms with van der Waals surface area (Å²) >= 11 is 0. The van der Waals surface area contributed by atoms with E-state index < -0.39 is 0 Å². The van der Waals surface area contributed by atoms with Crippen LogP contribution in [0.3, 0.4) is 0 Å². The lowest BCUT2D eigenvalue weighted by Crippen LogP contribution is -2.41.